The van der Waals surface area contributed by atoms with E-state index in [1.165, 1.54) is 6.42 Å². The Hall–Kier alpha value is -1.50. The molecule has 1 aliphatic rings. The van der Waals surface area contributed by atoms with E-state index in [9.17, 15) is 8.42 Å². The highest BCUT2D eigenvalue weighted by Crippen LogP contribution is 2.21. The summed E-state index contributed by atoms with van der Waals surface area (Å²) in [4.78, 5) is 5.73. The van der Waals surface area contributed by atoms with E-state index in [1.54, 1.807) is 41.8 Å². The fourth-order valence-electron chi connectivity index (χ4n) is 2.72. The Balaban J connectivity index is 1.68. The summed E-state index contributed by atoms with van der Waals surface area (Å²) in [6.45, 7) is 0. The standard InChI is InChI=1S/C17H20N2O2S2/c20-23(21,19-15-5-2-1-3-6-15)17-10-8-14(9-11-17)18-13-16-7-4-12-22-16/h4,7-13,15,19H,1-3,5-6H2. The molecule has 0 aliphatic heterocycles. The molecule has 2 aromatic rings. The Kier molecular flexibility index (Phi) is 5.25. The average molecular weight is 348 g/mol. The van der Waals surface area contributed by atoms with Crippen LogP contribution in [-0.4, -0.2) is 20.7 Å². The molecular formula is C17H20N2O2S2. The maximum absolute atomic E-state index is 12.4. The van der Waals surface area contributed by atoms with Gasteiger partial charge in [-0.2, -0.15) is 0 Å². The molecule has 1 aromatic heterocycles. The summed E-state index contributed by atoms with van der Waals surface area (Å²) in [7, 11) is -3.43. The van der Waals surface area contributed by atoms with Crippen LogP contribution in [-0.2, 0) is 10.0 Å². The van der Waals surface area contributed by atoms with Crippen LogP contribution >= 0.6 is 11.3 Å². The van der Waals surface area contributed by atoms with Gasteiger partial charge in [-0.1, -0.05) is 25.3 Å². The van der Waals surface area contributed by atoms with Gasteiger partial charge in [0.1, 0.15) is 0 Å². The van der Waals surface area contributed by atoms with Gasteiger partial charge in [0.05, 0.1) is 10.6 Å². The van der Waals surface area contributed by atoms with Gasteiger partial charge in [0.2, 0.25) is 10.0 Å². The van der Waals surface area contributed by atoms with E-state index in [0.717, 1.165) is 36.2 Å². The number of nitrogens with zero attached hydrogens (tertiary/aromatic N) is 1. The van der Waals surface area contributed by atoms with Crippen LogP contribution in [0.1, 0.15) is 37.0 Å². The Labute approximate surface area is 141 Å². The second kappa shape index (κ2) is 7.38. The molecule has 0 saturated heterocycles. The fourth-order valence-corrected chi connectivity index (χ4v) is 4.61. The highest BCUT2D eigenvalue weighted by atomic mass is 32.2. The largest absolute Gasteiger partial charge is 0.255 e. The van der Waals surface area contributed by atoms with Crippen molar-refractivity contribution in [1.82, 2.24) is 4.72 Å². The fraction of sp³-hybridized carbons (Fsp3) is 0.353. The lowest BCUT2D eigenvalue weighted by molar-refractivity contribution is 0.412. The lowest BCUT2D eigenvalue weighted by Crippen LogP contribution is -2.36. The van der Waals surface area contributed by atoms with Crippen LogP contribution in [0, 0.1) is 0 Å². The molecule has 4 nitrogen and oxygen atoms in total. The van der Waals surface area contributed by atoms with E-state index < -0.39 is 10.0 Å². The zero-order valence-corrected chi connectivity index (χ0v) is 14.4. The summed E-state index contributed by atoms with van der Waals surface area (Å²) in [5.74, 6) is 0. The molecule has 3 rings (SSSR count). The molecule has 0 amide bonds. The van der Waals surface area contributed by atoms with Gasteiger partial charge in [-0.05, 0) is 48.6 Å². The van der Waals surface area contributed by atoms with E-state index in [-0.39, 0.29) is 6.04 Å². The maximum Gasteiger partial charge on any atom is 0.240 e. The third kappa shape index (κ3) is 4.50. The first kappa shape index (κ1) is 16.4. The van der Waals surface area contributed by atoms with Crippen LogP contribution in [0.4, 0.5) is 5.69 Å². The summed E-state index contributed by atoms with van der Waals surface area (Å²) >= 11 is 1.61. The number of hydrogen-bond donors (Lipinski definition) is 1. The molecule has 1 fully saturated rings. The van der Waals surface area contributed by atoms with Gasteiger partial charge in [0.25, 0.3) is 0 Å². The highest BCUT2D eigenvalue weighted by Gasteiger charge is 2.21. The lowest BCUT2D eigenvalue weighted by Gasteiger charge is -2.22. The van der Waals surface area contributed by atoms with Crippen molar-refractivity contribution >= 4 is 33.3 Å². The van der Waals surface area contributed by atoms with Gasteiger partial charge in [0, 0.05) is 17.1 Å². The molecule has 1 N–H and O–H groups in total. The predicted octanol–water partition coefficient (Wildman–Crippen LogP) is 4.11. The Morgan fingerprint density at radius 1 is 1.09 bits per heavy atom. The molecule has 1 saturated carbocycles. The molecule has 0 unspecified atom stereocenters. The van der Waals surface area contributed by atoms with Crippen molar-refractivity contribution in [3.8, 4) is 0 Å². The summed E-state index contributed by atoms with van der Waals surface area (Å²) in [5.41, 5.74) is 0.745. The Morgan fingerprint density at radius 3 is 2.48 bits per heavy atom. The Bertz CT molecular complexity index is 744. The second-order valence-electron chi connectivity index (χ2n) is 5.72. The minimum Gasteiger partial charge on any atom is -0.255 e. The van der Waals surface area contributed by atoms with Crippen molar-refractivity contribution in [2.24, 2.45) is 4.99 Å². The van der Waals surface area contributed by atoms with Crippen molar-refractivity contribution in [3.05, 3.63) is 46.7 Å². The zero-order valence-electron chi connectivity index (χ0n) is 12.8. The van der Waals surface area contributed by atoms with Gasteiger partial charge < -0.3 is 0 Å². The van der Waals surface area contributed by atoms with E-state index in [0.29, 0.717) is 4.90 Å². The van der Waals surface area contributed by atoms with E-state index in [1.807, 2.05) is 17.5 Å². The first-order valence-electron chi connectivity index (χ1n) is 7.83. The van der Waals surface area contributed by atoms with E-state index >= 15 is 0 Å². The van der Waals surface area contributed by atoms with Crippen LogP contribution in [0.3, 0.4) is 0 Å². The lowest BCUT2D eigenvalue weighted by atomic mass is 9.96. The molecule has 6 heteroatoms. The SMILES string of the molecule is O=S(=O)(NC1CCCCC1)c1ccc(N=Cc2cccs2)cc1. The minimum absolute atomic E-state index is 0.0743. The van der Waals surface area contributed by atoms with Gasteiger partial charge in [-0.3, -0.25) is 4.99 Å². The van der Waals surface area contributed by atoms with Gasteiger partial charge in [-0.25, -0.2) is 13.1 Å². The summed E-state index contributed by atoms with van der Waals surface area (Å²) in [6.07, 6.45) is 7.06. The zero-order chi connectivity index (χ0) is 16.1. The number of nitrogens with one attached hydrogen (secondary N) is 1. The molecule has 1 heterocycles. The highest BCUT2D eigenvalue weighted by molar-refractivity contribution is 7.89. The number of aliphatic imine (C=N–C) groups is 1. The van der Waals surface area contributed by atoms with Crippen molar-refractivity contribution in [3.63, 3.8) is 0 Å². The molecule has 0 spiro atoms. The van der Waals surface area contributed by atoms with Gasteiger partial charge in [-0.15, -0.1) is 11.3 Å². The monoisotopic (exact) mass is 348 g/mol. The predicted molar refractivity (Wildman–Crippen MR) is 95.2 cm³/mol. The molecule has 0 radical (unpaired) electrons. The third-order valence-corrected chi connectivity index (χ3v) is 6.30. The van der Waals surface area contributed by atoms with Crippen molar-refractivity contribution < 1.29 is 8.42 Å². The van der Waals surface area contributed by atoms with Crippen LogP contribution in [0.25, 0.3) is 0 Å². The van der Waals surface area contributed by atoms with Crippen LogP contribution in [0.15, 0.2) is 51.7 Å². The van der Waals surface area contributed by atoms with Crippen LogP contribution < -0.4 is 4.72 Å². The van der Waals surface area contributed by atoms with Crippen molar-refractivity contribution in [1.29, 1.82) is 0 Å². The molecule has 23 heavy (non-hydrogen) atoms. The molecule has 0 atom stereocenters. The Morgan fingerprint density at radius 2 is 1.83 bits per heavy atom. The number of sulfonamides is 1. The number of rotatable bonds is 5. The smallest absolute Gasteiger partial charge is 0.240 e. The summed E-state index contributed by atoms with van der Waals surface area (Å²) in [5, 5.41) is 1.99. The minimum atomic E-state index is -3.43. The summed E-state index contributed by atoms with van der Waals surface area (Å²) < 4.78 is 27.6. The average Bonchev–Trinajstić information content (AvgIpc) is 3.07. The second-order valence-corrected chi connectivity index (χ2v) is 8.42. The normalized spacial score (nSPS) is 16.9. The number of thiophene rings is 1. The molecule has 0 bridgehead atoms. The molecule has 122 valence electrons. The number of benzene rings is 1. The van der Waals surface area contributed by atoms with Crippen LogP contribution in [0.5, 0.6) is 0 Å². The van der Waals surface area contributed by atoms with Gasteiger partial charge >= 0.3 is 0 Å². The molecule has 1 aliphatic carbocycles. The maximum atomic E-state index is 12.4. The molecular weight excluding hydrogens is 328 g/mol. The molecule has 1 aromatic carbocycles. The topological polar surface area (TPSA) is 58.5 Å². The van der Waals surface area contributed by atoms with E-state index in [4.69, 9.17) is 0 Å². The first-order valence-corrected chi connectivity index (χ1v) is 10.2. The van der Waals surface area contributed by atoms with Crippen molar-refractivity contribution in [2.45, 2.75) is 43.0 Å². The van der Waals surface area contributed by atoms with Gasteiger partial charge in [0.15, 0.2) is 0 Å². The van der Waals surface area contributed by atoms with Crippen molar-refractivity contribution in [2.75, 3.05) is 0 Å². The first-order chi connectivity index (χ1) is 11.1. The van der Waals surface area contributed by atoms with E-state index in [2.05, 4.69) is 9.71 Å². The van der Waals surface area contributed by atoms with Crippen LogP contribution in [0.2, 0.25) is 0 Å². The summed E-state index contributed by atoms with van der Waals surface area (Å²) in [6, 6.07) is 10.7. The number of hydrogen-bond acceptors (Lipinski definition) is 4. The quantitative estimate of drug-likeness (QED) is 0.827. The third-order valence-electron chi connectivity index (χ3n) is 3.96.